The predicted octanol–water partition coefficient (Wildman–Crippen LogP) is 2.88. The minimum absolute atomic E-state index is 0.0431. The Balaban J connectivity index is 1.93. The zero-order valence-corrected chi connectivity index (χ0v) is 16.3. The third-order valence-electron chi connectivity index (χ3n) is 4.09. The van der Waals surface area contributed by atoms with Gasteiger partial charge in [-0.3, -0.25) is 4.79 Å². The lowest BCUT2D eigenvalue weighted by Crippen LogP contribution is -2.42. The Hall–Kier alpha value is -2.57. The van der Waals surface area contributed by atoms with E-state index in [1.54, 1.807) is 13.2 Å². The molecule has 2 aromatic rings. The molecule has 6 heteroatoms. The van der Waals surface area contributed by atoms with Gasteiger partial charge in [-0.2, -0.15) is 0 Å². The van der Waals surface area contributed by atoms with Crippen LogP contribution in [0.2, 0.25) is 0 Å². The lowest BCUT2D eigenvalue weighted by molar-refractivity contribution is -0.118. The molecule has 27 heavy (non-hydrogen) atoms. The Morgan fingerprint density at radius 2 is 1.81 bits per heavy atom. The van der Waals surface area contributed by atoms with Gasteiger partial charge in [-0.15, -0.1) is 0 Å². The van der Waals surface area contributed by atoms with Gasteiger partial charge in [0.1, 0.15) is 0 Å². The Morgan fingerprint density at radius 3 is 2.44 bits per heavy atom. The van der Waals surface area contributed by atoms with Crippen LogP contribution in [0.3, 0.4) is 0 Å². The number of anilines is 1. The molecule has 0 aromatic heterocycles. The molecular weight excluding hydrogens is 344 g/mol. The summed E-state index contributed by atoms with van der Waals surface area (Å²) >= 11 is 0. The van der Waals surface area contributed by atoms with Crippen molar-refractivity contribution in [1.82, 2.24) is 5.32 Å². The monoisotopic (exact) mass is 372 g/mol. The van der Waals surface area contributed by atoms with Gasteiger partial charge in [0.05, 0.1) is 13.7 Å². The van der Waals surface area contributed by atoms with Gasteiger partial charge < -0.3 is 25.2 Å². The molecule has 2 aromatic carbocycles. The maximum atomic E-state index is 12.1. The van der Waals surface area contributed by atoms with E-state index in [-0.39, 0.29) is 24.7 Å². The molecule has 0 radical (unpaired) electrons. The summed E-state index contributed by atoms with van der Waals surface area (Å²) in [5, 5.41) is 15.4. The molecule has 0 saturated carbocycles. The van der Waals surface area contributed by atoms with Crippen molar-refractivity contribution in [1.29, 1.82) is 0 Å². The summed E-state index contributed by atoms with van der Waals surface area (Å²) in [4.78, 5) is 12.1. The standard InChI is InChI=1S/C21H28N2O4/c1-15-5-8-17(9-6-15)23-20(25)13-27-18-10-7-16(11-19(18)26-4)12-22-21(2,3)14-24/h5-11,22,24H,12-14H2,1-4H3,(H,23,25). The number of carbonyl (C=O) groups excluding carboxylic acids is 1. The number of carbonyl (C=O) groups is 1. The zero-order valence-electron chi connectivity index (χ0n) is 16.3. The molecule has 0 aliphatic heterocycles. The first kappa shape index (κ1) is 20.7. The molecule has 0 saturated heterocycles. The van der Waals surface area contributed by atoms with Crippen LogP contribution in [0, 0.1) is 6.92 Å². The number of benzene rings is 2. The number of hydrogen-bond donors (Lipinski definition) is 3. The van der Waals surface area contributed by atoms with Gasteiger partial charge in [0.25, 0.3) is 5.91 Å². The predicted molar refractivity (Wildman–Crippen MR) is 106 cm³/mol. The molecule has 0 spiro atoms. The maximum absolute atomic E-state index is 12.1. The van der Waals surface area contributed by atoms with Crippen molar-refractivity contribution < 1.29 is 19.4 Å². The third-order valence-corrected chi connectivity index (χ3v) is 4.09. The largest absolute Gasteiger partial charge is 0.493 e. The Kier molecular flexibility index (Phi) is 7.21. The number of aryl methyl sites for hydroxylation is 1. The van der Waals surface area contributed by atoms with Crippen LogP contribution in [-0.4, -0.2) is 36.9 Å². The van der Waals surface area contributed by atoms with Crippen molar-refractivity contribution >= 4 is 11.6 Å². The van der Waals surface area contributed by atoms with Gasteiger partial charge in [0, 0.05) is 17.8 Å². The first-order valence-electron chi connectivity index (χ1n) is 8.85. The van der Waals surface area contributed by atoms with Crippen molar-refractivity contribution in [2.75, 3.05) is 25.6 Å². The highest BCUT2D eigenvalue weighted by Gasteiger charge is 2.15. The van der Waals surface area contributed by atoms with E-state index in [2.05, 4.69) is 10.6 Å². The Labute approximate surface area is 160 Å². The highest BCUT2D eigenvalue weighted by molar-refractivity contribution is 5.91. The van der Waals surface area contributed by atoms with E-state index in [1.807, 2.05) is 57.2 Å². The smallest absolute Gasteiger partial charge is 0.262 e. The first-order chi connectivity index (χ1) is 12.8. The molecule has 0 atom stereocenters. The van der Waals surface area contributed by atoms with Gasteiger partial charge in [-0.25, -0.2) is 0 Å². The van der Waals surface area contributed by atoms with Crippen molar-refractivity contribution in [2.24, 2.45) is 0 Å². The van der Waals surface area contributed by atoms with Crippen LogP contribution in [0.25, 0.3) is 0 Å². The fraction of sp³-hybridized carbons (Fsp3) is 0.381. The van der Waals surface area contributed by atoms with Crippen molar-refractivity contribution in [2.45, 2.75) is 32.9 Å². The van der Waals surface area contributed by atoms with Gasteiger partial charge in [-0.1, -0.05) is 23.8 Å². The molecule has 2 rings (SSSR count). The lowest BCUT2D eigenvalue weighted by atomic mass is 10.1. The molecule has 0 fully saturated rings. The minimum Gasteiger partial charge on any atom is -0.493 e. The van der Waals surface area contributed by atoms with Gasteiger partial charge in [0.15, 0.2) is 18.1 Å². The molecule has 6 nitrogen and oxygen atoms in total. The molecule has 0 unspecified atom stereocenters. The number of nitrogens with one attached hydrogen (secondary N) is 2. The number of amides is 1. The van der Waals surface area contributed by atoms with Crippen LogP contribution < -0.4 is 20.1 Å². The van der Waals surface area contributed by atoms with Gasteiger partial charge >= 0.3 is 0 Å². The van der Waals surface area contributed by atoms with E-state index in [0.29, 0.717) is 18.0 Å². The van der Waals surface area contributed by atoms with Gasteiger partial charge in [0.2, 0.25) is 0 Å². The quantitative estimate of drug-likeness (QED) is 0.631. The fourth-order valence-electron chi connectivity index (χ4n) is 2.32. The molecule has 0 aliphatic rings. The topological polar surface area (TPSA) is 79.8 Å². The molecule has 0 bridgehead atoms. The van der Waals surface area contributed by atoms with Crippen LogP contribution in [0.15, 0.2) is 42.5 Å². The Morgan fingerprint density at radius 1 is 1.11 bits per heavy atom. The molecule has 0 heterocycles. The number of aliphatic hydroxyl groups is 1. The van der Waals surface area contributed by atoms with Crippen molar-refractivity contribution in [3.05, 3.63) is 53.6 Å². The number of methoxy groups -OCH3 is 1. The average Bonchev–Trinajstić information content (AvgIpc) is 2.67. The molecule has 3 N–H and O–H groups in total. The van der Waals surface area contributed by atoms with E-state index in [1.165, 1.54) is 0 Å². The van der Waals surface area contributed by atoms with Crippen LogP contribution in [-0.2, 0) is 11.3 Å². The summed E-state index contributed by atoms with van der Waals surface area (Å²) in [6, 6.07) is 13.1. The molecule has 146 valence electrons. The normalized spacial score (nSPS) is 11.1. The lowest BCUT2D eigenvalue weighted by Gasteiger charge is -2.23. The number of rotatable bonds is 9. The number of hydrogen-bond acceptors (Lipinski definition) is 5. The van der Waals surface area contributed by atoms with Crippen LogP contribution in [0.1, 0.15) is 25.0 Å². The minimum atomic E-state index is -0.365. The Bertz CT molecular complexity index is 757. The van der Waals surface area contributed by atoms with Crippen molar-refractivity contribution in [3.8, 4) is 11.5 Å². The summed E-state index contributed by atoms with van der Waals surface area (Å²) in [5.74, 6) is 0.817. The summed E-state index contributed by atoms with van der Waals surface area (Å²) in [5.41, 5.74) is 2.49. The molecular formula is C21H28N2O4. The van der Waals surface area contributed by atoms with E-state index < -0.39 is 0 Å². The summed E-state index contributed by atoms with van der Waals surface area (Å²) in [6.45, 7) is 6.35. The first-order valence-corrected chi connectivity index (χ1v) is 8.85. The number of ether oxygens (including phenoxy) is 2. The highest BCUT2D eigenvalue weighted by Crippen LogP contribution is 2.28. The van der Waals surface area contributed by atoms with Crippen molar-refractivity contribution in [3.63, 3.8) is 0 Å². The van der Waals surface area contributed by atoms with Gasteiger partial charge in [-0.05, 0) is 50.6 Å². The summed E-state index contributed by atoms with van der Waals surface area (Å²) in [6.07, 6.45) is 0. The second-order valence-electron chi connectivity index (χ2n) is 7.08. The summed E-state index contributed by atoms with van der Waals surface area (Å²) < 4.78 is 11.0. The second-order valence-corrected chi connectivity index (χ2v) is 7.08. The second kappa shape index (κ2) is 9.39. The number of aliphatic hydroxyl groups excluding tert-OH is 1. The average molecular weight is 372 g/mol. The fourth-order valence-corrected chi connectivity index (χ4v) is 2.32. The molecule has 1 amide bonds. The van der Waals surface area contributed by atoms with E-state index in [0.717, 1.165) is 16.8 Å². The van der Waals surface area contributed by atoms with E-state index in [4.69, 9.17) is 9.47 Å². The van der Waals surface area contributed by atoms with Crippen LogP contribution >= 0.6 is 0 Å². The van der Waals surface area contributed by atoms with Crippen LogP contribution in [0.5, 0.6) is 11.5 Å². The SMILES string of the molecule is COc1cc(CNC(C)(C)CO)ccc1OCC(=O)Nc1ccc(C)cc1. The zero-order chi connectivity index (χ0) is 19.9. The highest BCUT2D eigenvalue weighted by atomic mass is 16.5. The van der Waals surface area contributed by atoms with E-state index in [9.17, 15) is 9.90 Å². The third kappa shape index (κ3) is 6.58. The maximum Gasteiger partial charge on any atom is 0.262 e. The van der Waals surface area contributed by atoms with E-state index >= 15 is 0 Å². The molecule has 0 aliphatic carbocycles. The van der Waals surface area contributed by atoms with Crippen LogP contribution in [0.4, 0.5) is 5.69 Å². The summed E-state index contributed by atoms with van der Waals surface area (Å²) in [7, 11) is 1.56.